The van der Waals surface area contributed by atoms with Gasteiger partial charge in [-0.3, -0.25) is 4.79 Å². The van der Waals surface area contributed by atoms with Crippen LogP contribution >= 0.6 is 33.9 Å². The second kappa shape index (κ2) is 7.47. The molecule has 0 N–H and O–H groups in total. The number of nitrogens with zero attached hydrogens (tertiary/aromatic N) is 2. The number of hydrogen-bond donors (Lipinski definition) is 0. The van der Waals surface area contributed by atoms with Crippen LogP contribution in [0.3, 0.4) is 0 Å². The molecule has 4 aromatic rings. The van der Waals surface area contributed by atoms with Crippen LogP contribution in [0.15, 0.2) is 41.2 Å². The van der Waals surface area contributed by atoms with E-state index in [9.17, 15) is 4.79 Å². The second-order valence-corrected chi connectivity index (χ2v) is 8.00. The number of thiazole rings is 1. The molecule has 27 heavy (non-hydrogen) atoms. The van der Waals surface area contributed by atoms with Crippen molar-refractivity contribution in [2.24, 2.45) is 0 Å². The van der Waals surface area contributed by atoms with E-state index in [0.717, 1.165) is 25.9 Å². The molecule has 0 unspecified atom stereocenters. The molecule has 0 bridgehead atoms. The first-order valence-corrected chi connectivity index (χ1v) is 10.5. The number of benzene rings is 2. The molecule has 0 radical (unpaired) electrons. The molecule has 0 saturated heterocycles. The summed E-state index contributed by atoms with van der Waals surface area (Å²) in [6.07, 6.45) is 1.89. The molecule has 5 nitrogen and oxygen atoms in total. The van der Waals surface area contributed by atoms with Gasteiger partial charge in [0.1, 0.15) is 0 Å². The molecule has 0 atom stereocenters. The number of fused-ring (bicyclic) bond motifs is 3. The van der Waals surface area contributed by atoms with Gasteiger partial charge in [-0.1, -0.05) is 23.5 Å². The Balaban J connectivity index is 1.88. The van der Waals surface area contributed by atoms with Gasteiger partial charge in [-0.25, -0.2) is 9.38 Å². The Morgan fingerprint density at radius 3 is 2.74 bits per heavy atom. The second-order valence-electron chi connectivity index (χ2n) is 5.83. The lowest BCUT2D eigenvalue weighted by Crippen LogP contribution is -2.22. The zero-order chi connectivity index (χ0) is 19.0. The van der Waals surface area contributed by atoms with Crippen LogP contribution in [0.5, 0.6) is 11.5 Å². The highest BCUT2D eigenvalue weighted by atomic mass is 127. The van der Waals surface area contributed by atoms with Crippen LogP contribution in [-0.4, -0.2) is 22.6 Å². The third kappa shape index (κ3) is 3.29. The minimum absolute atomic E-state index is 0.0504. The Hall–Kier alpha value is -2.13. The van der Waals surface area contributed by atoms with E-state index < -0.39 is 0 Å². The molecule has 2 heterocycles. The molecule has 2 aromatic heterocycles. The van der Waals surface area contributed by atoms with Crippen LogP contribution in [-0.2, 0) is 0 Å². The van der Waals surface area contributed by atoms with Crippen LogP contribution in [0, 0.1) is 3.57 Å². The number of para-hydroxylation sites is 2. The topological polar surface area (TPSA) is 52.8 Å². The first-order chi connectivity index (χ1) is 13.1. The zero-order valence-corrected chi connectivity index (χ0v) is 17.8. The van der Waals surface area contributed by atoms with E-state index in [0.29, 0.717) is 28.5 Å². The van der Waals surface area contributed by atoms with Crippen molar-refractivity contribution in [3.05, 3.63) is 60.4 Å². The lowest BCUT2D eigenvalue weighted by molar-refractivity contribution is 0.286. The number of hydrogen-bond acceptors (Lipinski definition) is 5. The van der Waals surface area contributed by atoms with E-state index in [2.05, 4.69) is 27.6 Å². The van der Waals surface area contributed by atoms with Gasteiger partial charge in [0.25, 0.3) is 5.56 Å². The van der Waals surface area contributed by atoms with E-state index in [1.54, 1.807) is 4.40 Å². The van der Waals surface area contributed by atoms with Crippen molar-refractivity contribution >= 4 is 56.0 Å². The smallest absolute Gasteiger partial charge is 0.274 e. The SMILES string of the molecule is CCOc1cc(C=c2sc3nc4ccccc4n3c2=O)cc(I)c1OCC. The van der Waals surface area contributed by atoms with Gasteiger partial charge in [-0.15, -0.1) is 0 Å². The van der Waals surface area contributed by atoms with Gasteiger partial charge in [0.15, 0.2) is 16.5 Å². The first kappa shape index (κ1) is 18.2. The number of rotatable bonds is 5. The summed E-state index contributed by atoms with van der Waals surface area (Å²) >= 11 is 3.63. The molecule has 0 fully saturated rings. The molecule has 0 aliphatic rings. The van der Waals surface area contributed by atoms with E-state index in [1.807, 2.05) is 56.3 Å². The summed E-state index contributed by atoms with van der Waals surface area (Å²) < 4.78 is 14.7. The fourth-order valence-corrected chi connectivity index (χ4v) is 4.75. The minimum Gasteiger partial charge on any atom is -0.490 e. The largest absolute Gasteiger partial charge is 0.490 e. The fraction of sp³-hybridized carbons (Fsp3) is 0.200. The van der Waals surface area contributed by atoms with Crippen molar-refractivity contribution in [3.8, 4) is 11.5 Å². The lowest BCUT2D eigenvalue weighted by Gasteiger charge is -2.13. The summed E-state index contributed by atoms with van der Waals surface area (Å²) in [5, 5.41) is 0. The van der Waals surface area contributed by atoms with Crippen molar-refractivity contribution in [1.82, 2.24) is 9.38 Å². The lowest BCUT2D eigenvalue weighted by atomic mass is 10.2. The molecule has 0 amide bonds. The molecule has 2 aromatic carbocycles. The maximum Gasteiger partial charge on any atom is 0.274 e. The number of ether oxygens (including phenoxy) is 2. The van der Waals surface area contributed by atoms with E-state index >= 15 is 0 Å². The Morgan fingerprint density at radius 1 is 1.19 bits per heavy atom. The molecule has 138 valence electrons. The normalized spacial score (nSPS) is 12.2. The van der Waals surface area contributed by atoms with Crippen LogP contribution < -0.4 is 19.6 Å². The quantitative estimate of drug-likeness (QED) is 0.398. The zero-order valence-electron chi connectivity index (χ0n) is 14.9. The third-order valence-electron chi connectivity index (χ3n) is 4.06. The fourth-order valence-electron chi connectivity index (χ4n) is 2.98. The summed E-state index contributed by atoms with van der Waals surface area (Å²) in [6.45, 7) is 5.00. The Labute approximate surface area is 173 Å². The van der Waals surface area contributed by atoms with Gasteiger partial charge in [0, 0.05) is 0 Å². The highest BCUT2D eigenvalue weighted by molar-refractivity contribution is 14.1. The number of imidazole rings is 1. The highest BCUT2D eigenvalue weighted by Crippen LogP contribution is 2.34. The van der Waals surface area contributed by atoms with Gasteiger partial charge in [0.05, 0.1) is 32.3 Å². The van der Waals surface area contributed by atoms with Crippen LogP contribution in [0.1, 0.15) is 19.4 Å². The van der Waals surface area contributed by atoms with Crippen molar-refractivity contribution in [3.63, 3.8) is 0 Å². The molecule has 0 saturated carbocycles. The van der Waals surface area contributed by atoms with E-state index in [1.165, 1.54) is 11.3 Å². The van der Waals surface area contributed by atoms with Crippen molar-refractivity contribution in [1.29, 1.82) is 0 Å². The molecule has 0 spiro atoms. The Bertz CT molecular complexity index is 1250. The summed E-state index contributed by atoms with van der Waals surface area (Å²) in [5.74, 6) is 1.43. The Kier molecular flexibility index (Phi) is 5.05. The van der Waals surface area contributed by atoms with Crippen LogP contribution in [0.4, 0.5) is 0 Å². The third-order valence-corrected chi connectivity index (χ3v) is 5.83. The van der Waals surface area contributed by atoms with Crippen molar-refractivity contribution < 1.29 is 9.47 Å². The van der Waals surface area contributed by atoms with Gasteiger partial charge >= 0.3 is 0 Å². The van der Waals surface area contributed by atoms with Gasteiger partial charge < -0.3 is 9.47 Å². The van der Waals surface area contributed by atoms with Gasteiger partial charge in [-0.2, -0.15) is 0 Å². The Morgan fingerprint density at radius 2 is 1.96 bits per heavy atom. The van der Waals surface area contributed by atoms with E-state index in [-0.39, 0.29) is 5.56 Å². The summed E-state index contributed by atoms with van der Waals surface area (Å²) in [6, 6.07) is 11.6. The van der Waals surface area contributed by atoms with E-state index in [4.69, 9.17) is 9.47 Å². The molecule has 7 heteroatoms. The molecular formula is C20H17IN2O3S. The molecule has 0 aliphatic carbocycles. The average molecular weight is 492 g/mol. The summed E-state index contributed by atoms with van der Waals surface area (Å²) in [7, 11) is 0. The predicted molar refractivity (Wildman–Crippen MR) is 117 cm³/mol. The summed E-state index contributed by atoms with van der Waals surface area (Å²) in [5.41, 5.74) is 2.52. The molecule has 4 rings (SSSR count). The first-order valence-electron chi connectivity index (χ1n) is 8.63. The molecular weight excluding hydrogens is 475 g/mol. The minimum atomic E-state index is -0.0504. The number of aromatic nitrogens is 2. The maximum atomic E-state index is 12.9. The monoisotopic (exact) mass is 492 g/mol. The highest BCUT2D eigenvalue weighted by Gasteiger charge is 2.13. The van der Waals surface area contributed by atoms with Gasteiger partial charge in [-0.05, 0) is 72.3 Å². The predicted octanol–water partition coefficient (Wildman–Crippen LogP) is 3.86. The number of halogens is 1. The van der Waals surface area contributed by atoms with Gasteiger partial charge in [0.2, 0.25) is 0 Å². The van der Waals surface area contributed by atoms with Crippen molar-refractivity contribution in [2.45, 2.75) is 13.8 Å². The molecule has 0 aliphatic heterocycles. The van der Waals surface area contributed by atoms with Crippen LogP contribution in [0.25, 0.3) is 22.1 Å². The van der Waals surface area contributed by atoms with Crippen LogP contribution in [0.2, 0.25) is 0 Å². The standard InChI is InChI=1S/C20H17IN2O3S/c1-3-25-16-10-12(9-13(21)18(16)26-4-2)11-17-19(24)23-15-8-6-5-7-14(15)22-20(23)27-17/h5-11H,3-4H2,1-2H3. The summed E-state index contributed by atoms with van der Waals surface area (Å²) in [4.78, 5) is 18.2. The maximum absolute atomic E-state index is 12.9. The van der Waals surface area contributed by atoms with Crippen molar-refractivity contribution in [2.75, 3.05) is 13.2 Å². The average Bonchev–Trinajstić information content (AvgIpc) is 3.15.